The Bertz CT molecular complexity index is 984. The number of nitrogens with zero attached hydrogens (tertiary/aromatic N) is 3. The summed E-state index contributed by atoms with van der Waals surface area (Å²) in [6, 6.07) is 22.7. The lowest BCUT2D eigenvalue weighted by Gasteiger charge is -2.16. The van der Waals surface area contributed by atoms with E-state index in [1.54, 1.807) is 0 Å². The van der Waals surface area contributed by atoms with Gasteiger partial charge in [0.05, 0.1) is 5.69 Å². The number of benzene rings is 2. The second-order valence-electron chi connectivity index (χ2n) is 6.20. The summed E-state index contributed by atoms with van der Waals surface area (Å²) >= 11 is 0. The number of fused-ring (bicyclic) bond motifs is 1. The van der Waals surface area contributed by atoms with Gasteiger partial charge in [-0.15, -0.1) is 0 Å². The van der Waals surface area contributed by atoms with E-state index in [4.69, 9.17) is 4.98 Å². The second-order valence-corrected chi connectivity index (χ2v) is 6.20. The van der Waals surface area contributed by atoms with Crippen LogP contribution < -0.4 is 0 Å². The van der Waals surface area contributed by atoms with E-state index in [0.717, 1.165) is 28.2 Å². The average Bonchev–Trinajstić information content (AvgIpc) is 3.02. The van der Waals surface area contributed by atoms with Crippen LogP contribution in [0.3, 0.4) is 0 Å². The van der Waals surface area contributed by atoms with Gasteiger partial charge in [0, 0.05) is 11.8 Å². The highest BCUT2D eigenvalue weighted by atomic mass is 15.1. The number of aromatic nitrogens is 3. The predicted molar refractivity (Wildman–Crippen MR) is 98.4 cm³/mol. The van der Waals surface area contributed by atoms with Gasteiger partial charge < -0.3 is 0 Å². The van der Waals surface area contributed by atoms with Crippen LogP contribution in [0.5, 0.6) is 0 Å². The number of para-hydroxylation sites is 1. The number of hydrogen-bond acceptors (Lipinski definition) is 2. The average molecular weight is 313 g/mol. The highest BCUT2D eigenvalue weighted by Crippen LogP contribution is 2.31. The zero-order chi connectivity index (χ0) is 16.5. The maximum atomic E-state index is 4.86. The van der Waals surface area contributed by atoms with Crippen LogP contribution >= 0.6 is 0 Å². The van der Waals surface area contributed by atoms with E-state index in [9.17, 15) is 0 Å². The lowest BCUT2D eigenvalue weighted by atomic mass is 10.0. The molecule has 118 valence electrons. The predicted octanol–water partition coefficient (Wildman–Crippen LogP) is 5.21. The fraction of sp³-hybridized carbons (Fsp3) is 0.143. The van der Waals surface area contributed by atoms with Crippen LogP contribution in [0.2, 0.25) is 0 Å². The SMILES string of the molecule is CC(C)c1ccccc1-n1c(-c2ccccc2)nc2cccnc21. The molecule has 0 amide bonds. The molecule has 0 saturated heterocycles. The zero-order valence-corrected chi connectivity index (χ0v) is 13.8. The Kier molecular flexibility index (Phi) is 3.62. The maximum Gasteiger partial charge on any atom is 0.164 e. The van der Waals surface area contributed by atoms with Gasteiger partial charge >= 0.3 is 0 Å². The van der Waals surface area contributed by atoms with E-state index in [1.807, 2.05) is 36.5 Å². The third-order valence-corrected chi connectivity index (χ3v) is 4.25. The molecule has 0 aliphatic carbocycles. The van der Waals surface area contributed by atoms with Gasteiger partial charge in [-0.2, -0.15) is 0 Å². The molecule has 0 N–H and O–H groups in total. The molecular formula is C21H19N3. The van der Waals surface area contributed by atoms with Crippen molar-refractivity contribution in [3.63, 3.8) is 0 Å². The van der Waals surface area contributed by atoms with Gasteiger partial charge in [0.25, 0.3) is 0 Å². The molecule has 0 bridgehead atoms. The molecule has 3 nitrogen and oxygen atoms in total. The van der Waals surface area contributed by atoms with Crippen molar-refractivity contribution in [3.8, 4) is 17.1 Å². The number of imidazole rings is 1. The van der Waals surface area contributed by atoms with Crippen molar-refractivity contribution >= 4 is 11.2 Å². The molecule has 2 heterocycles. The van der Waals surface area contributed by atoms with E-state index in [2.05, 4.69) is 59.8 Å². The first-order chi connectivity index (χ1) is 11.8. The summed E-state index contributed by atoms with van der Waals surface area (Å²) in [6.45, 7) is 4.43. The summed E-state index contributed by atoms with van der Waals surface area (Å²) in [4.78, 5) is 9.46. The van der Waals surface area contributed by atoms with E-state index in [1.165, 1.54) is 5.56 Å². The smallest absolute Gasteiger partial charge is 0.164 e. The zero-order valence-electron chi connectivity index (χ0n) is 13.8. The minimum atomic E-state index is 0.422. The summed E-state index contributed by atoms with van der Waals surface area (Å²) in [5, 5.41) is 0. The monoisotopic (exact) mass is 313 g/mol. The van der Waals surface area contributed by atoms with Gasteiger partial charge in [0.1, 0.15) is 11.3 Å². The van der Waals surface area contributed by atoms with Crippen molar-refractivity contribution in [2.75, 3.05) is 0 Å². The highest BCUT2D eigenvalue weighted by molar-refractivity contribution is 5.80. The Morgan fingerprint density at radius 2 is 1.58 bits per heavy atom. The van der Waals surface area contributed by atoms with Gasteiger partial charge in [-0.1, -0.05) is 62.4 Å². The first-order valence-corrected chi connectivity index (χ1v) is 8.24. The molecule has 3 heteroatoms. The summed E-state index contributed by atoms with van der Waals surface area (Å²) in [5.74, 6) is 1.35. The first-order valence-electron chi connectivity index (χ1n) is 8.24. The largest absolute Gasteiger partial charge is 0.276 e. The molecule has 4 rings (SSSR count). The van der Waals surface area contributed by atoms with Gasteiger partial charge in [-0.3, -0.25) is 4.57 Å². The maximum absolute atomic E-state index is 4.86. The molecule has 2 aromatic carbocycles. The summed E-state index contributed by atoms with van der Waals surface area (Å²) in [7, 11) is 0. The van der Waals surface area contributed by atoms with Crippen molar-refractivity contribution in [1.29, 1.82) is 0 Å². The Morgan fingerprint density at radius 3 is 2.38 bits per heavy atom. The topological polar surface area (TPSA) is 30.7 Å². The minimum Gasteiger partial charge on any atom is -0.276 e. The van der Waals surface area contributed by atoms with Crippen LogP contribution in [0.25, 0.3) is 28.2 Å². The van der Waals surface area contributed by atoms with Crippen LogP contribution in [0, 0.1) is 0 Å². The van der Waals surface area contributed by atoms with Crippen LogP contribution in [-0.2, 0) is 0 Å². The van der Waals surface area contributed by atoms with Crippen LogP contribution in [0.4, 0.5) is 0 Å². The molecule has 0 aliphatic heterocycles. The van der Waals surface area contributed by atoms with Crippen LogP contribution in [0.1, 0.15) is 25.3 Å². The standard InChI is InChI=1S/C21H19N3/c1-15(2)17-11-6-7-13-19(17)24-20(16-9-4-3-5-10-16)23-18-12-8-14-22-21(18)24/h3-15H,1-2H3. The second kappa shape index (κ2) is 5.93. The molecule has 24 heavy (non-hydrogen) atoms. The first kappa shape index (κ1) is 14.6. The normalized spacial score (nSPS) is 11.3. The van der Waals surface area contributed by atoms with Gasteiger partial charge in [0.15, 0.2) is 5.65 Å². The fourth-order valence-electron chi connectivity index (χ4n) is 3.10. The highest BCUT2D eigenvalue weighted by Gasteiger charge is 2.17. The van der Waals surface area contributed by atoms with Crippen molar-refractivity contribution in [3.05, 3.63) is 78.5 Å². The van der Waals surface area contributed by atoms with Crippen molar-refractivity contribution < 1.29 is 0 Å². The molecule has 0 fully saturated rings. The molecule has 0 atom stereocenters. The molecule has 0 saturated carbocycles. The fourth-order valence-corrected chi connectivity index (χ4v) is 3.10. The van der Waals surface area contributed by atoms with E-state index in [0.29, 0.717) is 5.92 Å². The Morgan fingerprint density at radius 1 is 0.833 bits per heavy atom. The molecule has 0 radical (unpaired) electrons. The third-order valence-electron chi connectivity index (χ3n) is 4.25. The van der Waals surface area contributed by atoms with E-state index in [-0.39, 0.29) is 0 Å². The minimum absolute atomic E-state index is 0.422. The molecular weight excluding hydrogens is 294 g/mol. The van der Waals surface area contributed by atoms with Crippen molar-refractivity contribution in [1.82, 2.24) is 14.5 Å². The van der Waals surface area contributed by atoms with Crippen molar-refractivity contribution in [2.24, 2.45) is 0 Å². The quantitative estimate of drug-likeness (QED) is 0.520. The molecule has 0 aliphatic rings. The van der Waals surface area contributed by atoms with E-state index >= 15 is 0 Å². The molecule has 2 aromatic heterocycles. The number of hydrogen-bond donors (Lipinski definition) is 0. The van der Waals surface area contributed by atoms with E-state index < -0.39 is 0 Å². The Labute approximate surface area is 141 Å². The van der Waals surface area contributed by atoms with Gasteiger partial charge in [-0.05, 0) is 29.7 Å². The third kappa shape index (κ3) is 2.38. The van der Waals surface area contributed by atoms with Crippen LogP contribution in [0.15, 0.2) is 72.9 Å². The molecule has 0 unspecified atom stereocenters. The number of rotatable bonds is 3. The van der Waals surface area contributed by atoms with Crippen molar-refractivity contribution in [2.45, 2.75) is 19.8 Å². The van der Waals surface area contributed by atoms with Gasteiger partial charge in [-0.25, -0.2) is 9.97 Å². The lowest BCUT2D eigenvalue weighted by Crippen LogP contribution is -2.03. The summed E-state index contributed by atoms with van der Waals surface area (Å²) < 4.78 is 2.18. The van der Waals surface area contributed by atoms with Gasteiger partial charge in [0.2, 0.25) is 0 Å². The Hall–Kier alpha value is -2.94. The summed E-state index contributed by atoms with van der Waals surface area (Å²) in [5.41, 5.74) is 5.33. The molecule has 4 aromatic rings. The molecule has 0 spiro atoms. The van der Waals surface area contributed by atoms with Crippen LogP contribution in [-0.4, -0.2) is 14.5 Å². The number of pyridine rings is 1. The summed E-state index contributed by atoms with van der Waals surface area (Å²) in [6.07, 6.45) is 1.83. The lowest BCUT2D eigenvalue weighted by molar-refractivity contribution is 0.849. The Balaban J connectivity index is 2.08.